The molecule has 5 nitrogen and oxygen atoms in total. The second-order valence-corrected chi connectivity index (χ2v) is 6.72. The number of aryl methyl sites for hydroxylation is 1. The number of nitrogens with zero attached hydrogens (tertiary/aromatic N) is 2. The molecule has 0 radical (unpaired) electrons. The lowest BCUT2D eigenvalue weighted by atomic mass is 10.0. The maximum absolute atomic E-state index is 11.7. The van der Waals surface area contributed by atoms with Crippen LogP contribution in [0.4, 0.5) is 0 Å². The number of aromatic nitrogens is 1. The van der Waals surface area contributed by atoms with Crippen molar-refractivity contribution < 1.29 is 9.53 Å². The van der Waals surface area contributed by atoms with Crippen molar-refractivity contribution in [3.8, 4) is 17.0 Å². The van der Waals surface area contributed by atoms with Crippen molar-refractivity contribution in [1.82, 2.24) is 15.2 Å². The van der Waals surface area contributed by atoms with Gasteiger partial charge in [0.15, 0.2) is 0 Å². The summed E-state index contributed by atoms with van der Waals surface area (Å²) in [5, 5.41) is 3.77. The summed E-state index contributed by atoms with van der Waals surface area (Å²) in [6, 6.07) is 16.3. The Kier molecular flexibility index (Phi) is 5.72. The van der Waals surface area contributed by atoms with Crippen LogP contribution in [0.2, 0.25) is 0 Å². The van der Waals surface area contributed by atoms with Crippen LogP contribution in [0.1, 0.15) is 11.1 Å². The minimum atomic E-state index is -0.00640. The Balaban J connectivity index is 2.07. The molecule has 5 heteroatoms. The maximum Gasteiger partial charge on any atom is 0.233 e. The predicted molar refractivity (Wildman–Crippen MR) is 109 cm³/mol. The fraction of sp³-hybridized carbons (Fsp3) is 0.273. The van der Waals surface area contributed by atoms with Gasteiger partial charge in [0.2, 0.25) is 5.91 Å². The zero-order valence-corrected chi connectivity index (χ0v) is 16.2. The Morgan fingerprint density at radius 3 is 2.59 bits per heavy atom. The van der Waals surface area contributed by atoms with Crippen molar-refractivity contribution in [3.05, 3.63) is 59.7 Å². The zero-order valence-electron chi connectivity index (χ0n) is 16.2. The number of rotatable bonds is 6. The third-order valence-electron chi connectivity index (χ3n) is 4.62. The van der Waals surface area contributed by atoms with Gasteiger partial charge in [-0.3, -0.25) is 9.69 Å². The Morgan fingerprint density at radius 1 is 1.19 bits per heavy atom. The number of fused-ring (bicyclic) bond motifs is 1. The van der Waals surface area contributed by atoms with Crippen molar-refractivity contribution >= 4 is 16.8 Å². The van der Waals surface area contributed by atoms with Gasteiger partial charge in [-0.05, 0) is 55.4 Å². The highest BCUT2D eigenvalue weighted by Gasteiger charge is 2.14. The first-order valence-electron chi connectivity index (χ1n) is 8.94. The molecule has 1 N–H and O–H groups in total. The molecule has 0 aliphatic heterocycles. The molecule has 0 spiro atoms. The molecule has 1 amide bonds. The van der Waals surface area contributed by atoms with Gasteiger partial charge in [0.25, 0.3) is 0 Å². The number of ether oxygens (including phenoxy) is 1. The van der Waals surface area contributed by atoms with Gasteiger partial charge in [-0.1, -0.05) is 18.2 Å². The number of hydrogen-bond acceptors (Lipinski definition) is 4. The number of likely N-dealkylation sites (N-methyl/N-ethyl adjacent to an activating group) is 2. The highest BCUT2D eigenvalue weighted by atomic mass is 16.5. The van der Waals surface area contributed by atoms with E-state index in [0.29, 0.717) is 13.1 Å². The molecule has 0 aliphatic rings. The van der Waals surface area contributed by atoms with Crippen LogP contribution in [0.5, 0.6) is 5.75 Å². The molecule has 0 saturated carbocycles. The number of methoxy groups -OCH3 is 1. The van der Waals surface area contributed by atoms with Gasteiger partial charge in [0, 0.05) is 24.5 Å². The fourth-order valence-corrected chi connectivity index (χ4v) is 3.18. The molecule has 0 unspecified atom stereocenters. The molecule has 0 fully saturated rings. The molecule has 0 saturated heterocycles. The minimum absolute atomic E-state index is 0.00640. The van der Waals surface area contributed by atoms with Crippen LogP contribution in [0.3, 0.4) is 0 Å². The SMILES string of the molecule is CNC(=O)CN(C)Cc1cc2cccc(C)c2nc1-c1ccc(OC)cc1. The number of nitrogens with one attached hydrogen (secondary N) is 1. The van der Waals surface area contributed by atoms with Crippen molar-refractivity contribution in [1.29, 1.82) is 0 Å². The molecule has 0 bridgehead atoms. The fourth-order valence-electron chi connectivity index (χ4n) is 3.18. The standard InChI is InChI=1S/C22H25N3O2/c1-15-6-5-7-17-12-18(13-25(3)14-20(26)23-2)22(24-21(15)17)16-8-10-19(27-4)11-9-16/h5-12H,13-14H2,1-4H3,(H,23,26). The molecule has 27 heavy (non-hydrogen) atoms. The minimum Gasteiger partial charge on any atom is -0.497 e. The summed E-state index contributed by atoms with van der Waals surface area (Å²) in [5.74, 6) is 0.807. The lowest BCUT2D eigenvalue weighted by Crippen LogP contribution is -2.32. The highest BCUT2D eigenvalue weighted by Crippen LogP contribution is 2.29. The summed E-state index contributed by atoms with van der Waals surface area (Å²) in [6.07, 6.45) is 0. The first-order chi connectivity index (χ1) is 13.0. The second-order valence-electron chi connectivity index (χ2n) is 6.72. The average Bonchev–Trinajstić information content (AvgIpc) is 2.67. The van der Waals surface area contributed by atoms with Crippen molar-refractivity contribution in [3.63, 3.8) is 0 Å². The second kappa shape index (κ2) is 8.18. The van der Waals surface area contributed by atoms with E-state index < -0.39 is 0 Å². The van der Waals surface area contributed by atoms with Gasteiger partial charge in [-0.25, -0.2) is 4.98 Å². The van der Waals surface area contributed by atoms with Crippen molar-refractivity contribution in [2.75, 3.05) is 27.7 Å². The van der Waals surface area contributed by atoms with E-state index >= 15 is 0 Å². The Hall–Kier alpha value is -2.92. The number of amides is 1. The average molecular weight is 363 g/mol. The third-order valence-corrected chi connectivity index (χ3v) is 4.62. The monoisotopic (exact) mass is 363 g/mol. The molecule has 0 aliphatic carbocycles. The normalized spacial score (nSPS) is 11.0. The van der Waals surface area contributed by atoms with E-state index in [2.05, 4.69) is 30.4 Å². The third kappa shape index (κ3) is 4.26. The van der Waals surface area contributed by atoms with Crippen molar-refractivity contribution in [2.45, 2.75) is 13.5 Å². The summed E-state index contributed by atoms with van der Waals surface area (Å²) >= 11 is 0. The van der Waals surface area contributed by atoms with Crippen molar-refractivity contribution in [2.24, 2.45) is 0 Å². The van der Waals surface area contributed by atoms with E-state index in [1.807, 2.05) is 42.3 Å². The largest absolute Gasteiger partial charge is 0.497 e. The van der Waals surface area contributed by atoms with Crippen LogP contribution in [-0.4, -0.2) is 43.5 Å². The smallest absolute Gasteiger partial charge is 0.233 e. The zero-order chi connectivity index (χ0) is 19.4. The van der Waals surface area contributed by atoms with Crippen LogP contribution < -0.4 is 10.1 Å². The number of hydrogen-bond donors (Lipinski definition) is 1. The van der Waals surface area contributed by atoms with Gasteiger partial charge in [0.05, 0.1) is 24.9 Å². The van der Waals surface area contributed by atoms with Gasteiger partial charge in [-0.2, -0.15) is 0 Å². The summed E-state index contributed by atoms with van der Waals surface area (Å²) in [7, 11) is 5.25. The highest BCUT2D eigenvalue weighted by molar-refractivity contribution is 5.86. The van der Waals surface area contributed by atoms with Crippen LogP contribution >= 0.6 is 0 Å². The van der Waals surface area contributed by atoms with E-state index in [9.17, 15) is 4.79 Å². The van der Waals surface area contributed by atoms with E-state index in [0.717, 1.165) is 39.0 Å². The number of para-hydroxylation sites is 1. The van der Waals surface area contributed by atoms with Crippen LogP contribution in [0.15, 0.2) is 48.5 Å². The molecule has 0 atom stereocenters. The van der Waals surface area contributed by atoms with E-state index in [1.54, 1.807) is 14.2 Å². The molecule has 2 aromatic carbocycles. The Morgan fingerprint density at radius 2 is 1.93 bits per heavy atom. The topological polar surface area (TPSA) is 54.5 Å². The molecular weight excluding hydrogens is 338 g/mol. The summed E-state index contributed by atoms with van der Waals surface area (Å²) in [4.78, 5) is 18.7. The number of carbonyl (C=O) groups is 1. The predicted octanol–water partition coefficient (Wildman–Crippen LogP) is 3.40. The van der Waals surface area contributed by atoms with E-state index in [-0.39, 0.29) is 5.91 Å². The van der Waals surface area contributed by atoms with Gasteiger partial charge >= 0.3 is 0 Å². The molecule has 1 aromatic heterocycles. The molecule has 3 aromatic rings. The summed E-state index contributed by atoms with van der Waals surface area (Å²) < 4.78 is 5.27. The number of carbonyl (C=O) groups excluding carboxylic acids is 1. The summed E-state index contributed by atoms with van der Waals surface area (Å²) in [5.41, 5.74) is 5.20. The summed E-state index contributed by atoms with van der Waals surface area (Å²) in [6.45, 7) is 3.04. The maximum atomic E-state index is 11.7. The van der Waals surface area contributed by atoms with Gasteiger partial charge in [0.1, 0.15) is 5.75 Å². The number of benzene rings is 2. The van der Waals surface area contributed by atoms with Gasteiger partial charge < -0.3 is 10.1 Å². The van der Waals surface area contributed by atoms with Gasteiger partial charge in [-0.15, -0.1) is 0 Å². The number of pyridine rings is 1. The first kappa shape index (κ1) is 18.9. The lowest BCUT2D eigenvalue weighted by molar-refractivity contribution is -0.121. The van der Waals surface area contributed by atoms with Crippen LogP contribution in [0.25, 0.3) is 22.2 Å². The molecular formula is C22H25N3O2. The van der Waals surface area contributed by atoms with E-state index in [4.69, 9.17) is 9.72 Å². The molecule has 3 rings (SSSR count). The van der Waals surface area contributed by atoms with Crippen LogP contribution in [0, 0.1) is 6.92 Å². The first-order valence-corrected chi connectivity index (χ1v) is 8.94. The lowest BCUT2D eigenvalue weighted by Gasteiger charge is -2.19. The Labute approximate surface area is 160 Å². The van der Waals surface area contributed by atoms with Crippen LogP contribution in [-0.2, 0) is 11.3 Å². The molecule has 1 heterocycles. The van der Waals surface area contributed by atoms with E-state index in [1.165, 1.54) is 0 Å². The Bertz CT molecular complexity index is 952. The molecule has 140 valence electrons. The quantitative estimate of drug-likeness (QED) is 0.729.